The van der Waals surface area contributed by atoms with Crippen LogP contribution in [0.25, 0.3) is 0 Å². The van der Waals surface area contributed by atoms with Gasteiger partial charge in [-0.3, -0.25) is 4.68 Å². The molecule has 114 valence electrons. The number of nitrogens with one attached hydrogen (secondary N) is 1. The van der Waals surface area contributed by atoms with Crippen molar-refractivity contribution in [3.8, 4) is 0 Å². The molecular formula is C17H24ClN3. The van der Waals surface area contributed by atoms with Crippen molar-refractivity contribution in [1.82, 2.24) is 15.1 Å². The summed E-state index contributed by atoms with van der Waals surface area (Å²) in [6, 6.07) is 10.3. The molecular weight excluding hydrogens is 282 g/mol. The van der Waals surface area contributed by atoms with E-state index < -0.39 is 0 Å². The van der Waals surface area contributed by atoms with Gasteiger partial charge < -0.3 is 5.32 Å². The second-order valence-electron chi connectivity index (χ2n) is 5.52. The van der Waals surface area contributed by atoms with Crippen LogP contribution in [0.4, 0.5) is 0 Å². The molecule has 0 aliphatic carbocycles. The van der Waals surface area contributed by atoms with Crippen molar-refractivity contribution < 1.29 is 0 Å². The topological polar surface area (TPSA) is 29.9 Å². The summed E-state index contributed by atoms with van der Waals surface area (Å²) in [5, 5.41) is 8.70. The number of benzene rings is 1. The number of nitrogens with zero attached hydrogens (tertiary/aromatic N) is 2. The van der Waals surface area contributed by atoms with Crippen LogP contribution in [0.3, 0.4) is 0 Å². The summed E-state index contributed by atoms with van der Waals surface area (Å²) in [7, 11) is 2.00. The number of aromatic nitrogens is 2. The number of hydrogen-bond acceptors (Lipinski definition) is 2. The summed E-state index contributed by atoms with van der Waals surface area (Å²) in [6.07, 6.45) is 2.00. The summed E-state index contributed by atoms with van der Waals surface area (Å²) in [5.74, 6) is 0.510. The fraction of sp³-hybridized carbons (Fsp3) is 0.471. The Morgan fingerprint density at radius 3 is 2.71 bits per heavy atom. The first-order valence-corrected chi connectivity index (χ1v) is 7.93. The standard InChI is InChI=1S/C17H24ClN3/c1-4-21-16(9-13(2)20-21)11-14(12-19-3)10-15-7-5-6-8-17(15)18/h5-9,14,19H,4,10-12H2,1-3H3. The van der Waals surface area contributed by atoms with E-state index in [-0.39, 0.29) is 0 Å². The highest BCUT2D eigenvalue weighted by Gasteiger charge is 2.15. The van der Waals surface area contributed by atoms with Gasteiger partial charge in [0.05, 0.1) is 5.69 Å². The van der Waals surface area contributed by atoms with Gasteiger partial charge in [-0.1, -0.05) is 29.8 Å². The Labute approximate surface area is 132 Å². The van der Waals surface area contributed by atoms with Crippen LogP contribution in [0.2, 0.25) is 5.02 Å². The van der Waals surface area contributed by atoms with E-state index in [1.54, 1.807) is 0 Å². The molecule has 1 unspecified atom stereocenters. The van der Waals surface area contributed by atoms with Crippen molar-refractivity contribution in [2.45, 2.75) is 33.2 Å². The van der Waals surface area contributed by atoms with Gasteiger partial charge in [0.25, 0.3) is 0 Å². The fourth-order valence-corrected chi connectivity index (χ4v) is 3.03. The Kier molecular flexibility index (Phi) is 5.83. The molecule has 0 amide bonds. The molecule has 21 heavy (non-hydrogen) atoms. The van der Waals surface area contributed by atoms with Gasteiger partial charge in [0.1, 0.15) is 0 Å². The Balaban J connectivity index is 2.13. The lowest BCUT2D eigenvalue weighted by Crippen LogP contribution is -2.24. The molecule has 1 atom stereocenters. The van der Waals surface area contributed by atoms with Crippen LogP contribution < -0.4 is 5.32 Å². The lowest BCUT2D eigenvalue weighted by atomic mass is 9.94. The molecule has 0 aliphatic heterocycles. The monoisotopic (exact) mass is 305 g/mol. The molecule has 2 aromatic rings. The minimum Gasteiger partial charge on any atom is -0.319 e. The van der Waals surface area contributed by atoms with Crippen LogP contribution in [0, 0.1) is 12.8 Å². The van der Waals surface area contributed by atoms with Crippen LogP contribution >= 0.6 is 11.6 Å². The molecule has 1 N–H and O–H groups in total. The van der Waals surface area contributed by atoms with Crippen LogP contribution in [-0.4, -0.2) is 23.4 Å². The van der Waals surface area contributed by atoms with E-state index in [1.807, 2.05) is 19.2 Å². The van der Waals surface area contributed by atoms with Gasteiger partial charge in [0, 0.05) is 17.3 Å². The minimum atomic E-state index is 0.510. The Morgan fingerprint density at radius 2 is 2.05 bits per heavy atom. The van der Waals surface area contributed by atoms with Crippen molar-refractivity contribution in [3.63, 3.8) is 0 Å². The zero-order chi connectivity index (χ0) is 15.2. The van der Waals surface area contributed by atoms with E-state index in [4.69, 9.17) is 11.6 Å². The van der Waals surface area contributed by atoms with Crippen LogP contribution in [0.1, 0.15) is 23.9 Å². The van der Waals surface area contributed by atoms with Gasteiger partial charge in [-0.25, -0.2) is 0 Å². The van der Waals surface area contributed by atoms with Gasteiger partial charge in [0.15, 0.2) is 0 Å². The number of aryl methyl sites for hydroxylation is 2. The average molecular weight is 306 g/mol. The van der Waals surface area contributed by atoms with E-state index in [1.165, 1.54) is 11.3 Å². The lowest BCUT2D eigenvalue weighted by Gasteiger charge is -2.18. The highest BCUT2D eigenvalue weighted by atomic mass is 35.5. The SMILES string of the molecule is CCn1nc(C)cc1CC(CNC)Cc1ccccc1Cl. The van der Waals surface area contributed by atoms with Crippen molar-refractivity contribution in [2.24, 2.45) is 5.92 Å². The highest BCUT2D eigenvalue weighted by molar-refractivity contribution is 6.31. The number of hydrogen-bond donors (Lipinski definition) is 1. The molecule has 0 bridgehead atoms. The lowest BCUT2D eigenvalue weighted by molar-refractivity contribution is 0.470. The molecule has 0 spiro atoms. The second kappa shape index (κ2) is 7.62. The Hall–Kier alpha value is -1.32. The first-order valence-electron chi connectivity index (χ1n) is 7.55. The molecule has 0 fully saturated rings. The van der Waals surface area contributed by atoms with Crippen molar-refractivity contribution in [2.75, 3.05) is 13.6 Å². The zero-order valence-corrected chi connectivity index (χ0v) is 13.8. The fourth-order valence-electron chi connectivity index (χ4n) is 2.81. The summed E-state index contributed by atoms with van der Waals surface area (Å²) in [4.78, 5) is 0. The van der Waals surface area contributed by atoms with E-state index >= 15 is 0 Å². The third-order valence-electron chi connectivity index (χ3n) is 3.74. The van der Waals surface area contributed by atoms with Crippen molar-refractivity contribution in [1.29, 1.82) is 0 Å². The largest absolute Gasteiger partial charge is 0.319 e. The second-order valence-corrected chi connectivity index (χ2v) is 5.92. The summed E-state index contributed by atoms with van der Waals surface area (Å²) >= 11 is 6.30. The summed E-state index contributed by atoms with van der Waals surface area (Å²) in [6.45, 7) is 6.08. The maximum absolute atomic E-state index is 6.30. The average Bonchev–Trinajstić information content (AvgIpc) is 2.81. The van der Waals surface area contributed by atoms with Crippen molar-refractivity contribution >= 4 is 11.6 Å². The molecule has 0 radical (unpaired) electrons. The van der Waals surface area contributed by atoms with Gasteiger partial charge in [-0.2, -0.15) is 5.10 Å². The molecule has 0 saturated heterocycles. The quantitative estimate of drug-likeness (QED) is 0.848. The first kappa shape index (κ1) is 16.1. The van der Waals surface area contributed by atoms with Gasteiger partial charge in [-0.15, -0.1) is 0 Å². The third kappa shape index (κ3) is 4.32. The predicted molar refractivity (Wildman–Crippen MR) is 88.9 cm³/mol. The number of halogens is 1. The normalized spacial score (nSPS) is 12.6. The first-order chi connectivity index (χ1) is 10.1. The van der Waals surface area contributed by atoms with Crippen LogP contribution in [-0.2, 0) is 19.4 Å². The molecule has 4 heteroatoms. The Morgan fingerprint density at radius 1 is 1.29 bits per heavy atom. The van der Waals surface area contributed by atoms with Crippen LogP contribution in [0.15, 0.2) is 30.3 Å². The summed E-state index contributed by atoms with van der Waals surface area (Å²) in [5.41, 5.74) is 3.62. The predicted octanol–water partition coefficient (Wildman–Crippen LogP) is 3.49. The molecule has 1 aromatic heterocycles. The minimum absolute atomic E-state index is 0.510. The third-order valence-corrected chi connectivity index (χ3v) is 4.11. The Bertz CT molecular complexity index is 577. The maximum atomic E-state index is 6.30. The highest BCUT2D eigenvalue weighted by Crippen LogP contribution is 2.21. The van der Waals surface area contributed by atoms with E-state index in [0.717, 1.165) is 36.6 Å². The van der Waals surface area contributed by atoms with Gasteiger partial charge >= 0.3 is 0 Å². The van der Waals surface area contributed by atoms with Crippen LogP contribution in [0.5, 0.6) is 0 Å². The molecule has 3 nitrogen and oxygen atoms in total. The van der Waals surface area contributed by atoms with Gasteiger partial charge in [-0.05, 0) is 63.9 Å². The van der Waals surface area contributed by atoms with E-state index in [9.17, 15) is 0 Å². The number of rotatable bonds is 7. The molecule has 1 aromatic carbocycles. The zero-order valence-electron chi connectivity index (χ0n) is 13.1. The maximum Gasteiger partial charge on any atom is 0.0596 e. The molecule has 0 saturated carbocycles. The molecule has 0 aliphatic rings. The van der Waals surface area contributed by atoms with E-state index in [0.29, 0.717) is 5.92 Å². The molecule has 2 rings (SSSR count). The van der Waals surface area contributed by atoms with Gasteiger partial charge in [0.2, 0.25) is 0 Å². The van der Waals surface area contributed by atoms with E-state index in [2.05, 4.69) is 47.1 Å². The van der Waals surface area contributed by atoms with Crippen molar-refractivity contribution in [3.05, 3.63) is 52.3 Å². The smallest absolute Gasteiger partial charge is 0.0596 e. The molecule has 1 heterocycles. The summed E-state index contributed by atoms with van der Waals surface area (Å²) < 4.78 is 2.10.